The minimum atomic E-state index is -1.35. The number of nitrogens with one attached hydrogen (secondary N) is 1. The van der Waals surface area contributed by atoms with E-state index < -0.39 is 29.8 Å². The highest BCUT2D eigenvalue weighted by molar-refractivity contribution is 5.98. The van der Waals surface area contributed by atoms with E-state index in [1.165, 1.54) is 11.1 Å². The predicted molar refractivity (Wildman–Crippen MR) is 138 cm³/mol. The Morgan fingerprint density at radius 2 is 1.95 bits per heavy atom. The number of nitrogens with zero attached hydrogens (tertiary/aromatic N) is 4. The maximum atomic E-state index is 15.1. The molecule has 10 heteroatoms. The van der Waals surface area contributed by atoms with Crippen LogP contribution in [0.5, 0.6) is 0 Å². The second-order valence-corrected chi connectivity index (χ2v) is 10.3. The number of piperidine rings is 1. The summed E-state index contributed by atoms with van der Waals surface area (Å²) >= 11 is 0. The number of amides is 2. The Morgan fingerprint density at radius 3 is 2.57 bits per heavy atom. The molecule has 2 atom stereocenters. The molecule has 3 N–H and O–H groups in total. The van der Waals surface area contributed by atoms with Crippen LogP contribution in [0.25, 0.3) is 0 Å². The van der Waals surface area contributed by atoms with Gasteiger partial charge in [-0.15, -0.1) is 0 Å². The molecule has 0 saturated carbocycles. The molecule has 1 saturated heterocycles. The van der Waals surface area contributed by atoms with Crippen LogP contribution in [0.1, 0.15) is 54.4 Å². The first-order chi connectivity index (χ1) is 17.6. The van der Waals surface area contributed by atoms with E-state index in [0.717, 1.165) is 11.1 Å². The summed E-state index contributed by atoms with van der Waals surface area (Å²) in [5.41, 5.74) is 8.43. The molecular weight excluding hydrogens is 475 g/mol. The van der Waals surface area contributed by atoms with Crippen molar-refractivity contribution < 1.29 is 18.7 Å². The van der Waals surface area contributed by atoms with E-state index in [2.05, 4.69) is 15.4 Å². The normalized spacial score (nSPS) is 17.9. The number of nitrogens with two attached hydrogens (primary N) is 1. The Bertz CT molecular complexity index is 1220. The minimum absolute atomic E-state index is 0.0959. The molecule has 3 aromatic rings. The number of pyridine rings is 1. The van der Waals surface area contributed by atoms with Gasteiger partial charge in [-0.3, -0.25) is 14.5 Å². The third-order valence-corrected chi connectivity index (χ3v) is 6.07. The van der Waals surface area contributed by atoms with Crippen molar-refractivity contribution in [3.05, 3.63) is 77.4 Å². The lowest BCUT2D eigenvalue weighted by molar-refractivity contribution is 0.0125. The lowest BCUT2D eigenvalue weighted by atomic mass is 10.0. The van der Waals surface area contributed by atoms with Gasteiger partial charge in [0.2, 0.25) is 0 Å². The summed E-state index contributed by atoms with van der Waals surface area (Å²) in [6.45, 7) is 6.24. The molecule has 0 radical (unpaired) electrons. The molecule has 0 aliphatic carbocycles. The van der Waals surface area contributed by atoms with E-state index in [0.29, 0.717) is 37.3 Å². The molecule has 37 heavy (non-hydrogen) atoms. The Morgan fingerprint density at radius 1 is 1.22 bits per heavy atom. The third-order valence-electron chi connectivity index (χ3n) is 6.07. The van der Waals surface area contributed by atoms with Crippen molar-refractivity contribution in [1.29, 1.82) is 0 Å². The Hall–Kier alpha value is -3.95. The van der Waals surface area contributed by atoms with Gasteiger partial charge in [-0.05, 0) is 50.5 Å². The fraction of sp³-hybridized carbons (Fsp3) is 0.407. The molecule has 0 bridgehead atoms. The van der Waals surface area contributed by atoms with E-state index in [1.54, 1.807) is 33.0 Å². The number of likely N-dealkylation sites (tertiary alicyclic amines) is 1. The number of hydrogen-bond acceptors (Lipinski definition) is 6. The Balaban J connectivity index is 1.42. The van der Waals surface area contributed by atoms with E-state index in [1.807, 2.05) is 41.2 Å². The topological polar surface area (TPSA) is 115 Å². The van der Waals surface area contributed by atoms with Gasteiger partial charge >= 0.3 is 6.09 Å². The number of rotatable bonds is 7. The van der Waals surface area contributed by atoms with E-state index in [-0.39, 0.29) is 12.1 Å². The summed E-state index contributed by atoms with van der Waals surface area (Å²) in [4.78, 5) is 30.1. The highest BCUT2D eigenvalue weighted by Crippen LogP contribution is 2.24. The first-order valence-corrected chi connectivity index (χ1v) is 12.3. The van der Waals surface area contributed by atoms with Gasteiger partial charge < -0.3 is 20.7 Å². The van der Waals surface area contributed by atoms with Crippen molar-refractivity contribution in [3.8, 4) is 0 Å². The van der Waals surface area contributed by atoms with Gasteiger partial charge in [0.05, 0.1) is 30.4 Å². The van der Waals surface area contributed by atoms with Crippen molar-refractivity contribution in [2.24, 2.45) is 5.73 Å². The molecule has 1 aliphatic rings. The largest absolute Gasteiger partial charge is 0.444 e. The zero-order valence-electron chi connectivity index (χ0n) is 21.4. The predicted octanol–water partition coefficient (Wildman–Crippen LogP) is 3.78. The Labute approximate surface area is 215 Å². The number of anilines is 1. The number of hydrogen-bond donors (Lipinski definition) is 2. The lowest BCUT2D eigenvalue weighted by Crippen LogP contribution is -2.51. The third kappa shape index (κ3) is 7.05. The fourth-order valence-electron chi connectivity index (χ4n) is 4.22. The van der Waals surface area contributed by atoms with Crippen LogP contribution in [0.2, 0.25) is 0 Å². The first-order valence-electron chi connectivity index (χ1n) is 12.3. The average Bonchev–Trinajstić information content (AvgIpc) is 3.33. The molecule has 4 rings (SSSR count). The van der Waals surface area contributed by atoms with Crippen LogP contribution in [0.3, 0.4) is 0 Å². The highest BCUT2D eigenvalue weighted by atomic mass is 19.1. The zero-order valence-corrected chi connectivity index (χ0v) is 21.4. The highest BCUT2D eigenvalue weighted by Gasteiger charge is 2.34. The molecule has 1 aromatic carbocycles. The number of ether oxygens (including phenoxy) is 1. The van der Waals surface area contributed by atoms with Crippen LogP contribution < -0.4 is 11.1 Å². The van der Waals surface area contributed by atoms with Crippen LogP contribution in [0.4, 0.5) is 14.9 Å². The van der Waals surface area contributed by atoms with Gasteiger partial charge in [0, 0.05) is 37.3 Å². The Kier molecular flexibility index (Phi) is 7.75. The molecule has 0 unspecified atom stereocenters. The van der Waals surface area contributed by atoms with Crippen molar-refractivity contribution in [2.75, 3.05) is 18.4 Å². The van der Waals surface area contributed by atoms with Crippen LogP contribution in [0.15, 0.2) is 55.0 Å². The maximum Gasteiger partial charge on any atom is 0.410 e. The number of halogens is 1. The summed E-state index contributed by atoms with van der Waals surface area (Å²) in [5.74, 6) is -0.647. The molecule has 9 nitrogen and oxygen atoms in total. The van der Waals surface area contributed by atoms with Gasteiger partial charge in [0.25, 0.3) is 5.91 Å². The number of primary amides is 1. The molecular formula is C27H33FN6O3. The van der Waals surface area contributed by atoms with Crippen LogP contribution in [0, 0.1) is 0 Å². The summed E-state index contributed by atoms with van der Waals surface area (Å²) in [6.07, 6.45) is 4.09. The lowest BCUT2D eigenvalue weighted by Gasteiger charge is -2.36. The van der Waals surface area contributed by atoms with Gasteiger partial charge in [0.15, 0.2) is 0 Å². The second-order valence-electron chi connectivity index (χ2n) is 10.3. The van der Waals surface area contributed by atoms with E-state index in [4.69, 9.17) is 10.5 Å². The summed E-state index contributed by atoms with van der Waals surface area (Å²) in [6, 6.07) is 11.2. The van der Waals surface area contributed by atoms with Crippen LogP contribution >= 0.6 is 0 Å². The SMILES string of the molecule is CC(C)(C)OC(=O)N1CC[C@@H](Nc2cc(Cc3ccc(Cn4cccn4)cc3)ncc2C(N)=O)[C@@H](F)C1. The molecule has 0 spiro atoms. The van der Waals surface area contributed by atoms with Gasteiger partial charge in [0.1, 0.15) is 11.8 Å². The minimum Gasteiger partial charge on any atom is -0.444 e. The second kappa shape index (κ2) is 11.0. The van der Waals surface area contributed by atoms with Crippen molar-refractivity contribution in [2.45, 2.75) is 58.0 Å². The number of aromatic nitrogens is 3. The number of carbonyl (C=O) groups excluding carboxylic acids is 2. The number of carbonyl (C=O) groups is 2. The van der Waals surface area contributed by atoms with E-state index in [9.17, 15) is 9.59 Å². The summed E-state index contributed by atoms with van der Waals surface area (Å²) < 4.78 is 22.3. The molecule has 2 amide bonds. The molecule has 1 fully saturated rings. The quantitative estimate of drug-likeness (QED) is 0.502. The summed E-state index contributed by atoms with van der Waals surface area (Å²) in [5, 5.41) is 7.37. The molecule has 3 heterocycles. The average molecular weight is 509 g/mol. The zero-order chi connectivity index (χ0) is 26.6. The van der Waals surface area contributed by atoms with E-state index >= 15 is 4.39 Å². The molecule has 1 aliphatic heterocycles. The summed E-state index contributed by atoms with van der Waals surface area (Å²) in [7, 11) is 0. The van der Waals surface area contributed by atoms with Gasteiger partial charge in [-0.2, -0.15) is 5.10 Å². The van der Waals surface area contributed by atoms with Gasteiger partial charge in [-0.25, -0.2) is 9.18 Å². The van der Waals surface area contributed by atoms with Crippen molar-refractivity contribution >= 4 is 17.7 Å². The molecule has 196 valence electrons. The number of benzene rings is 1. The first kappa shape index (κ1) is 26.1. The van der Waals surface area contributed by atoms with Crippen molar-refractivity contribution in [1.82, 2.24) is 19.7 Å². The smallest absolute Gasteiger partial charge is 0.410 e. The van der Waals surface area contributed by atoms with Crippen molar-refractivity contribution in [3.63, 3.8) is 0 Å². The standard InChI is InChI=1S/C27H33FN6O3/c1-27(2,3)37-26(36)33-12-9-23(22(28)17-33)32-24-14-20(30-15-21(24)25(29)35)13-18-5-7-19(8-6-18)16-34-11-4-10-31-34/h4-8,10-11,14-15,22-23H,9,12-13,16-17H2,1-3H3,(H2,29,35)(H,30,32)/t22-,23+/m0/s1. The van der Waals surface area contributed by atoms with Crippen LogP contribution in [-0.2, 0) is 17.7 Å². The fourth-order valence-corrected chi connectivity index (χ4v) is 4.22. The number of alkyl halides is 1. The van der Waals surface area contributed by atoms with Gasteiger partial charge in [-0.1, -0.05) is 24.3 Å². The molecule has 2 aromatic heterocycles. The monoisotopic (exact) mass is 508 g/mol. The van der Waals surface area contributed by atoms with Crippen LogP contribution in [-0.4, -0.2) is 62.6 Å². The maximum absolute atomic E-state index is 15.1.